The number of para-hydroxylation sites is 1. The molecule has 7 heteroatoms. The maximum atomic E-state index is 12.5. The molecule has 1 N–H and O–H groups in total. The highest BCUT2D eigenvalue weighted by Crippen LogP contribution is 2.27. The van der Waals surface area contributed by atoms with E-state index in [-0.39, 0.29) is 12.1 Å². The number of aryl methyl sites for hydroxylation is 1. The Morgan fingerprint density at radius 1 is 1.22 bits per heavy atom. The number of carboxylic acids is 1. The zero-order chi connectivity index (χ0) is 17.0. The summed E-state index contributed by atoms with van der Waals surface area (Å²) in [6.45, 7) is 1.79. The van der Waals surface area contributed by atoms with E-state index >= 15 is 0 Å². The average molecular weight is 322 g/mol. The number of hydrogen-bond donors (Lipinski definition) is 1. The lowest BCUT2D eigenvalue weighted by Crippen LogP contribution is -2.16. The van der Waals surface area contributed by atoms with Gasteiger partial charge in [0.1, 0.15) is 11.4 Å². The Labute approximate surface area is 130 Å². The number of rotatable bonds is 4. The number of halogens is 3. The first-order valence-electron chi connectivity index (χ1n) is 6.66. The standard InChI is InChI=1S/C16H13F3N2O2/c1-10-4-2-3-5-12(10)21-13(15(22)23)8-11-6-7-14(20-9-11)16(17,18)19/h2-7,9H,8H2,1H3,(H,22,23). The third-order valence-electron chi connectivity index (χ3n) is 3.10. The van der Waals surface area contributed by atoms with Gasteiger partial charge in [-0.15, -0.1) is 0 Å². The summed E-state index contributed by atoms with van der Waals surface area (Å²) in [6, 6.07) is 9.01. The van der Waals surface area contributed by atoms with Gasteiger partial charge in [-0.3, -0.25) is 4.98 Å². The molecule has 0 spiro atoms. The van der Waals surface area contributed by atoms with Gasteiger partial charge in [-0.25, -0.2) is 9.79 Å². The lowest BCUT2D eigenvalue weighted by Gasteiger charge is -2.07. The minimum Gasteiger partial charge on any atom is -0.477 e. The van der Waals surface area contributed by atoms with Crippen LogP contribution in [0.25, 0.3) is 0 Å². The first-order chi connectivity index (χ1) is 10.8. The van der Waals surface area contributed by atoms with Crippen LogP contribution in [-0.4, -0.2) is 21.8 Å². The van der Waals surface area contributed by atoms with E-state index in [2.05, 4.69) is 9.98 Å². The highest BCUT2D eigenvalue weighted by molar-refractivity contribution is 6.36. The van der Waals surface area contributed by atoms with Gasteiger partial charge in [0.05, 0.1) is 5.69 Å². The Morgan fingerprint density at radius 3 is 2.43 bits per heavy atom. The summed E-state index contributed by atoms with van der Waals surface area (Å²) in [5.41, 5.74) is 0.462. The van der Waals surface area contributed by atoms with E-state index in [0.717, 1.165) is 17.8 Å². The van der Waals surface area contributed by atoms with Gasteiger partial charge in [-0.1, -0.05) is 24.3 Å². The minimum atomic E-state index is -4.52. The number of carbonyl (C=O) groups is 1. The SMILES string of the molecule is Cc1ccccc1N=C(Cc1ccc(C(F)(F)F)nc1)C(=O)O. The highest BCUT2D eigenvalue weighted by Gasteiger charge is 2.32. The van der Waals surface area contributed by atoms with E-state index in [9.17, 15) is 23.1 Å². The average Bonchev–Trinajstić information content (AvgIpc) is 2.48. The summed E-state index contributed by atoms with van der Waals surface area (Å²) in [5, 5.41) is 9.24. The molecule has 0 saturated heterocycles. The highest BCUT2D eigenvalue weighted by atomic mass is 19.4. The molecule has 0 saturated carbocycles. The van der Waals surface area contributed by atoms with Crippen molar-refractivity contribution >= 4 is 17.4 Å². The van der Waals surface area contributed by atoms with Gasteiger partial charge in [-0.05, 0) is 30.2 Å². The Bertz CT molecular complexity index is 738. The van der Waals surface area contributed by atoms with Gasteiger partial charge < -0.3 is 5.11 Å². The molecule has 0 radical (unpaired) electrons. The summed E-state index contributed by atoms with van der Waals surface area (Å²) in [6.07, 6.45) is -3.63. The van der Waals surface area contributed by atoms with Gasteiger partial charge in [0, 0.05) is 12.6 Å². The number of hydrogen-bond acceptors (Lipinski definition) is 3. The zero-order valence-corrected chi connectivity index (χ0v) is 12.1. The van der Waals surface area contributed by atoms with E-state index in [1.807, 2.05) is 0 Å². The van der Waals surface area contributed by atoms with E-state index in [4.69, 9.17) is 0 Å². The number of alkyl halides is 3. The minimum absolute atomic E-state index is 0.116. The van der Waals surface area contributed by atoms with Crippen LogP contribution in [0.3, 0.4) is 0 Å². The van der Waals surface area contributed by atoms with Crippen LogP contribution in [0.5, 0.6) is 0 Å². The Hall–Kier alpha value is -2.70. The van der Waals surface area contributed by atoms with Crippen LogP contribution in [0.2, 0.25) is 0 Å². The van der Waals surface area contributed by atoms with Gasteiger partial charge >= 0.3 is 12.1 Å². The molecule has 1 aromatic heterocycles. The normalized spacial score (nSPS) is 12.3. The fraction of sp³-hybridized carbons (Fsp3) is 0.188. The van der Waals surface area contributed by atoms with Crippen LogP contribution in [0, 0.1) is 6.92 Å². The number of aliphatic imine (C=N–C) groups is 1. The third kappa shape index (κ3) is 4.38. The van der Waals surface area contributed by atoms with Crippen LogP contribution in [0.15, 0.2) is 47.6 Å². The topological polar surface area (TPSA) is 62.5 Å². The Balaban J connectivity index is 2.27. The van der Waals surface area contributed by atoms with Crippen molar-refractivity contribution in [2.24, 2.45) is 4.99 Å². The van der Waals surface area contributed by atoms with Crippen molar-refractivity contribution in [2.75, 3.05) is 0 Å². The number of aromatic nitrogens is 1. The molecule has 1 heterocycles. The number of aliphatic carboxylic acids is 1. The number of pyridine rings is 1. The molecule has 4 nitrogen and oxygen atoms in total. The summed E-state index contributed by atoms with van der Waals surface area (Å²) < 4.78 is 37.4. The first-order valence-corrected chi connectivity index (χ1v) is 6.66. The molecule has 0 aliphatic rings. The number of benzene rings is 1. The Morgan fingerprint density at radius 2 is 1.91 bits per heavy atom. The summed E-state index contributed by atoms with van der Waals surface area (Å²) in [7, 11) is 0. The van der Waals surface area contributed by atoms with Gasteiger partial charge in [0.15, 0.2) is 0 Å². The molecule has 120 valence electrons. The molecule has 2 aromatic rings. The van der Waals surface area contributed by atoms with Crippen LogP contribution in [0.1, 0.15) is 16.8 Å². The van der Waals surface area contributed by atoms with Crippen LogP contribution in [0.4, 0.5) is 18.9 Å². The van der Waals surface area contributed by atoms with Gasteiger partial charge in [-0.2, -0.15) is 13.2 Å². The van der Waals surface area contributed by atoms with Gasteiger partial charge in [0.2, 0.25) is 0 Å². The number of nitrogens with zero attached hydrogens (tertiary/aromatic N) is 2. The molecule has 0 aliphatic carbocycles. The lowest BCUT2D eigenvalue weighted by molar-refractivity contribution is -0.141. The van der Waals surface area contributed by atoms with Crippen molar-refractivity contribution in [3.05, 3.63) is 59.4 Å². The molecule has 2 rings (SSSR count). The van der Waals surface area contributed by atoms with E-state index < -0.39 is 17.8 Å². The number of carboxylic acid groups (broad SMARTS) is 1. The second kappa shape index (κ2) is 6.60. The summed E-state index contributed by atoms with van der Waals surface area (Å²) >= 11 is 0. The fourth-order valence-corrected chi connectivity index (χ4v) is 1.89. The summed E-state index contributed by atoms with van der Waals surface area (Å²) in [4.78, 5) is 18.7. The second-order valence-corrected chi connectivity index (χ2v) is 4.88. The van der Waals surface area contributed by atoms with Crippen LogP contribution >= 0.6 is 0 Å². The largest absolute Gasteiger partial charge is 0.477 e. The molecule has 0 atom stereocenters. The van der Waals surface area contributed by atoms with Crippen LogP contribution in [-0.2, 0) is 17.4 Å². The first kappa shape index (κ1) is 16.7. The molecule has 0 aliphatic heterocycles. The van der Waals surface area contributed by atoms with Gasteiger partial charge in [0.25, 0.3) is 0 Å². The second-order valence-electron chi connectivity index (χ2n) is 4.88. The third-order valence-corrected chi connectivity index (χ3v) is 3.10. The molecule has 1 aromatic carbocycles. The lowest BCUT2D eigenvalue weighted by atomic mass is 10.1. The molecule has 23 heavy (non-hydrogen) atoms. The van der Waals surface area contributed by atoms with Crippen molar-refractivity contribution in [2.45, 2.75) is 19.5 Å². The van der Waals surface area contributed by atoms with E-state index in [0.29, 0.717) is 11.3 Å². The monoisotopic (exact) mass is 322 g/mol. The molecular formula is C16H13F3N2O2. The Kier molecular flexibility index (Phi) is 4.78. The van der Waals surface area contributed by atoms with Crippen molar-refractivity contribution in [1.29, 1.82) is 0 Å². The smallest absolute Gasteiger partial charge is 0.433 e. The van der Waals surface area contributed by atoms with Crippen molar-refractivity contribution < 1.29 is 23.1 Å². The maximum absolute atomic E-state index is 12.5. The summed E-state index contributed by atoms with van der Waals surface area (Å²) in [5.74, 6) is -1.23. The predicted molar refractivity (Wildman–Crippen MR) is 78.9 cm³/mol. The van der Waals surface area contributed by atoms with Crippen molar-refractivity contribution in [1.82, 2.24) is 4.98 Å². The van der Waals surface area contributed by atoms with Crippen molar-refractivity contribution in [3.63, 3.8) is 0 Å². The maximum Gasteiger partial charge on any atom is 0.433 e. The molecule has 0 bridgehead atoms. The molecule has 0 fully saturated rings. The van der Waals surface area contributed by atoms with E-state index in [1.165, 1.54) is 6.07 Å². The van der Waals surface area contributed by atoms with E-state index in [1.54, 1.807) is 31.2 Å². The molecule has 0 unspecified atom stereocenters. The molecular weight excluding hydrogens is 309 g/mol. The van der Waals surface area contributed by atoms with Crippen molar-refractivity contribution in [3.8, 4) is 0 Å². The predicted octanol–water partition coefficient (Wildman–Crippen LogP) is 3.81. The fourth-order valence-electron chi connectivity index (χ4n) is 1.89. The zero-order valence-electron chi connectivity index (χ0n) is 12.1. The quantitative estimate of drug-likeness (QED) is 0.871. The molecule has 0 amide bonds. The van der Waals surface area contributed by atoms with Crippen LogP contribution < -0.4 is 0 Å².